The van der Waals surface area contributed by atoms with E-state index < -0.39 is 0 Å². The molecule has 0 fully saturated rings. The number of hydrogen-bond acceptors (Lipinski definition) is 5. The number of furan rings is 1. The van der Waals surface area contributed by atoms with Crippen molar-refractivity contribution in [2.24, 2.45) is 0 Å². The number of carbonyl (C=O) groups is 1. The van der Waals surface area contributed by atoms with Crippen molar-refractivity contribution in [1.29, 1.82) is 0 Å². The van der Waals surface area contributed by atoms with Crippen molar-refractivity contribution < 1.29 is 13.9 Å². The molecular formula is C29H33N3O4. The molecule has 0 spiro atoms. The van der Waals surface area contributed by atoms with Gasteiger partial charge in [0, 0.05) is 41.8 Å². The van der Waals surface area contributed by atoms with Crippen LogP contribution in [0.3, 0.4) is 0 Å². The molecule has 0 unspecified atom stereocenters. The molecule has 0 radical (unpaired) electrons. The third kappa shape index (κ3) is 5.69. The molecule has 1 N–H and O–H groups in total. The third-order valence-electron chi connectivity index (χ3n) is 6.58. The Labute approximate surface area is 211 Å². The molecule has 36 heavy (non-hydrogen) atoms. The van der Waals surface area contributed by atoms with Gasteiger partial charge in [0.15, 0.2) is 0 Å². The smallest absolute Gasteiger partial charge is 0.262 e. The average molecular weight is 488 g/mol. The Bertz CT molecular complexity index is 1340. The Morgan fingerprint density at radius 2 is 1.83 bits per heavy atom. The average Bonchev–Trinajstić information content (AvgIpc) is 3.43. The highest BCUT2D eigenvalue weighted by molar-refractivity contribution is 6.06. The van der Waals surface area contributed by atoms with Crippen molar-refractivity contribution in [3.05, 3.63) is 94.8 Å². The normalized spacial score (nSPS) is 12.1. The fourth-order valence-corrected chi connectivity index (χ4v) is 4.30. The number of amides is 1. The first-order valence-corrected chi connectivity index (χ1v) is 12.3. The summed E-state index contributed by atoms with van der Waals surface area (Å²) in [5, 5.41) is 4.20. The molecule has 1 atom stereocenters. The zero-order valence-electron chi connectivity index (χ0n) is 21.1. The summed E-state index contributed by atoms with van der Waals surface area (Å²) in [6.45, 7) is 6.48. The summed E-state index contributed by atoms with van der Waals surface area (Å²) >= 11 is 0. The molecule has 7 heteroatoms. The predicted octanol–water partition coefficient (Wildman–Crippen LogP) is 5.01. The summed E-state index contributed by atoms with van der Waals surface area (Å²) in [5.74, 6) is 1.44. The Hall–Kier alpha value is -3.84. The van der Waals surface area contributed by atoms with E-state index in [0.717, 1.165) is 31.7 Å². The van der Waals surface area contributed by atoms with Crippen LogP contribution in [-0.4, -0.2) is 41.6 Å². The quantitative estimate of drug-likeness (QED) is 0.301. The van der Waals surface area contributed by atoms with Crippen LogP contribution < -0.4 is 15.6 Å². The molecule has 2 heterocycles. The maximum atomic E-state index is 13.3. The number of pyridine rings is 1. The van der Waals surface area contributed by atoms with Gasteiger partial charge in [0.1, 0.15) is 11.5 Å². The number of nitrogens with one attached hydrogen (secondary N) is 1. The van der Waals surface area contributed by atoms with Gasteiger partial charge >= 0.3 is 0 Å². The molecule has 7 nitrogen and oxygen atoms in total. The van der Waals surface area contributed by atoms with Crippen LogP contribution in [0.5, 0.6) is 5.75 Å². The number of aromatic nitrogens is 1. The fraction of sp³-hybridized carbons (Fsp3) is 0.310. The molecule has 2 aromatic carbocycles. The monoisotopic (exact) mass is 487 g/mol. The summed E-state index contributed by atoms with van der Waals surface area (Å²) in [6.07, 6.45) is 5.16. The molecule has 4 rings (SSSR count). The van der Waals surface area contributed by atoms with Gasteiger partial charge in [-0.05, 0) is 62.2 Å². The molecule has 0 aliphatic carbocycles. The van der Waals surface area contributed by atoms with Crippen LogP contribution in [0.15, 0.2) is 82.3 Å². The van der Waals surface area contributed by atoms with Gasteiger partial charge in [0.2, 0.25) is 0 Å². The predicted molar refractivity (Wildman–Crippen MR) is 142 cm³/mol. The van der Waals surface area contributed by atoms with Gasteiger partial charge in [-0.2, -0.15) is 0 Å². The highest BCUT2D eigenvalue weighted by Crippen LogP contribution is 2.19. The van der Waals surface area contributed by atoms with E-state index >= 15 is 0 Å². The van der Waals surface area contributed by atoms with E-state index in [1.807, 2.05) is 30.3 Å². The van der Waals surface area contributed by atoms with Crippen LogP contribution in [0.25, 0.3) is 16.5 Å². The summed E-state index contributed by atoms with van der Waals surface area (Å²) < 4.78 is 12.3. The molecule has 4 aromatic rings. The van der Waals surface area contributed by atoms with E-state index in [9.17, 15) is 9.59 Å². The number of methoxy groups -OCH3 is 1. The number of ether oxygens (including phenoxy) is 1. The molecule has 0 aliphatic heterocycles. The van der Waals surface area contributed by atoms with Gasteiger partial charge in [0.25, 0.3) is 11.5 Å². The second kappa shape index (κ2) is 11.7. The van der Waals surface area contributed by atoms with E-state index in [1.54, 1.807) is 49.9 Å². The highest BCUT2D eigenvalue weighted by Gasteiger charge is 2.17. The molecule has 0 bridgehead atoms. The minimum atomic E-state index is -0.199. The van der Waals surface area contributed by atoms with Gasteiger partial charge in [-0.25, -0.2) is 0 Å². The topological polar surface area (TPSA) is 76.7 Å². The zero-order chi connectivity index (χ0) is 25.5. The molecule has 188 valence electrons. The van der Waals surface area contributed by atoms with Crippen LogP contribution in [-0.2, 0) is 6.54 Å². The lowest BCUT2D eigenvalue weighted by Gasteiger charge is -2.27. The minimum absolute atomic E-state index is 0.172. The molecular weight excluding hydrogens is 454 g/mol. The van der Waals surface area contributed by atoms with Gasteiger partial charge in [-0.3, -0.25) is 19.1 Å². The van der Waals surface area contributed by atoms with Crippen molar-refractivity contribution in [2.75, 3.05) is 20.2 Å². The van der Waals surface area contributed by atoms with E-state index in [4.69, 9.17) is 9.15 Å². The second-order valence-corrected chi connectivity index (χ2v) is 8.88. The largest absolute Gasteiger partial charge is 0.497 e. The van der Waals surface area contributed by atoms with Crippen molar-refractivity contribution in [1.82, 2.24) is 14.8 Å². The molecule has 1 amide bonds. The van der Waals surface area contributed by atoms with Crippen LogP contribution in [0, 0.1) is 0 Å². The number of fused-ring (bicyclic) bond motifs is 1. The van der Waals surface area contributed by atoms with Crippen molar-refractivity contribution in [2.45, 2.75) is 39.3 Å². The Kier molecular flexibility index (Phi) is 8.23. The number of rotatable bonds is 11. The van der Waals surface area contributed by atoms with Gasteiger partial charge in [0.05, 0.1) is 25.5 Å². The second-order valence-electron chi connectivity index (χ2n) is 8.88. The maximum absolute atomic E-state index is 13.3. The fourth-order valence-electron chi connectivity index (χ4n) is 4.30. The van der Waals surface area contributed by atoms with Crippen molar-refractivity contribution >= 4 is 16.7 Å². The first-order chi connectivity index (χ1) is 17.5. The lowest BCUT2D eigenvalue weighted by molar-refractivity contribution is 0.0950. The third-order valence-corrected chi connectivity index (χ3v) is 6.58. The standard InChI is InChI=1S/C29H33N3O4/c1-4-21(2)31(19-24-9-7-18-36-24)17-8-16-30-28(33)27-20-32(22-12-14-23(35-3)15-13-22)29(34)26-11-6-5-10-25(26)27/h5-7,9-15,18,20-21H,4,8,16-17,19H2,1-3H3,(H,30,33)/t21-/m1/s1. The van der Waals surface area contributed by atoms with Crippen molar-refractivity contribution in [3.8, 4) is 11.4 Å². The molecule has 2 aromatic heterocycles. The van der Waals surface area contributed by atoms with Gasteiger partial charge < -0.3 is 14.5 Å². The molecule has 0 saturated heterocycles. The van der Waals surface area contributed by atoms with Crippen LogP contribution in [0.2, 0.25) is 0 Å². The number of benzene rings is 2. The Morgan fingerprint density at radius 3 is 2.50 bits per heavy atom. The van der Waals surface area contributed by atoms with Crippen LogP contribution >= 0.6 is 0 Å². The van der Waals surface area contributed by atoms with E-state index in [1.165, 1.54) is 4.57 Å². The SMILES string of the molecule is CC[C@@H](C)N(CCCNC(=O)c1cn(-c2ccc(OC)cc2)c(=O)c2ccccc12)Cc1ccco1. The molecule has 0 aliphatic rings. The Balaban J connectivity index is 1.50. The number of nitrogens with zero attached hydrogens (tertiary/aromatic N) is 2. The first-order valence-electron chi connectivity index (χ1n) is 12.3. The van der Waals surface area contributed by atoms with Crippen LogP contribution in [0.4, 0.5) is 0 Å². The zero-order valence-corrected chi connectivity index (χ0v) is 21.1. The Morgan fingerprint density at radius 1 is 1.08 bits per heavy atom. The lowest BCUT2D eigenvalue weighted by Crippen LogP contribution is -2.35. The highest BCUT2D eigenvalue weighted by atomic mass is 16.5. The van der Waals surface area contributed by atoms with E-state index in [2.05, 4.69) is 24.1 Å². The number of hydrogen-bond donors (Lipinski definition) is 1. The van der Waals surface area contributed by atoms with E-state index in [-0.39, 0.29) is 11.5 Å². The summed E-state index contributed by atoms with van der Waals surface area (Å²) in [7, 11) is 1.60. The maximum Gasteiger partial charge on any atom is 0.262 e. The first kappa shape index (κ1) is 25.3. The minimum Gasteiger partial charge on any atom is -0.497 e. The van der Waals surface area contributed by atoms with Crippen molar-refractivity contribution in [3.63, 3.8) is 0 Å². The summed E-state index contributed by atoms with van der Waals surface area (Å²) in [5.41, 5.74) is 0.965. The van der Waals surface area contributed by atoms with Crippen LogP contribution in [0.1, 0.15) is 42.8 Å². The summed E-state index contributed by atoms with van der Waals surface area (Å²) in [6, 6.07) is 18.7. The van der Waals surface area contributed by atoms with Gasteiger partial charge in [-0.15, -0.1) is 0 Å². The molecule has 0 saturated carbocycles. The van der Waals surface area contributed by atoms with E-state index in [0.29, 0.717) is 40.4 Å². The summed E-state index contributed by atoms with van der Waals surface area (Å²) in [4.78, 5) is 28.8. The van der Waals surface area contributed by atoms with Gasteiger partial charge in [-0.1, -0.05) is 25.1 Å². The lowest BCUT2D eigenvalue weighted by atomic mass is 10.1. The number of carbonyl (C=O) groups excluding carboxylic acids is 1.